The van der Waals surface area contributed by atoms with Crippen LogP contribution in [0.5, 0.6) is 0 Å². The number of nitrogens with one attached hydrogen (secondary N) is 7. The number of alkyl carbamates (subject to hydrolysis) is 5. The van der Waals surface area contributed by atoms with E-state index in [2.05, 4.69) is 37.2 Å². The van der Waals surface area contributed by atoms with Crippen LogP contribution in [0.15, 0.2) is 12.2 Å². The van der Waals surface area contributed by atoms with Crippen molar-refractivity contribution in [2.75, 3.05) is 39.4 Å². The van der Waals surface area contributed by atoms with Crippen molar-refractivity contribution in [2.24, 2.45) is 0 Å². The summed E-state index contributed by atoms with van der Waals surface area (Å²) in [6.45, 7) is 22.6. The van der Waals surface area contributed by atoms with Crippen molar-refractivity contribution in [3.8, 4) is 0 Å². The summed E-state index contributed by atoms with van der Waals surface area (Å²) in [5.74, 6) is -1.05. The molecule has 18 atom stereocenters. The van der Waals surface area contributed by atoms with Gasteiger partial charge in [0.25, 0.3) is 0 Å². The second-order valence-corrected chi connectivity index (χ2v) is 26.0. The number of carbonyl (C=O) groups is 6. The average molecular weight is 1230 g/mol. The molecule has 31 heteroatoms. The Morgan fingerprint density at radius 2 is 1.01 bits per heavy atom. The average Bonchev–Trinajstić information content (AvgIpc) is 2.16. The summed E-state index contributed by atoms with van der Waals surface area (Å²) >= 11 is 0. The third-order valence-electron chi connectivity index (χ3n) is 12.4. The fourth-order valence-corrected chi connectivity index (χ4v) is 8.97. The van der Waals surface area contributed by atoms with Gasteiger partial charge in [-0.25, -0.2) is 24.0 Å². The van der Waals surface area contributed by atoms with Gasteiger partial charge in [0.2, 0.25) is 5.91 Å². The minimum absolute atomic E-state index is 0.106. The van der Waals surface area contributed by atoms with E-state index in [1.165, 1.54) is 0 Å². The first-order valence-corrected chi connectivity index (χ1v) is 28.3. The molecule has 31 nitrogen and oxygen atoms in total. The highest BCUT2D eigenvalue weighted by Crippen LogP contribution is 2.36. The van der Waals surface area contributed by atoms with Crippen LogP contribution in [0.1, 0.15) is 117 Å². The zero-order valence-electron chi connectivity index (χ0n) is 51.3. The van der Waals surface area contributed by atoms with Crippen molar-refractivity contribution in [2.45, 2.75) is 255 Å². The summed E-state index contributed by atoms with van der Waals surface area (Å²) in [6, 6.07) is -5.73. The molecule has 2 saturated heterocycles. The molecule has 0 aromatic heterocycles. The Hall–Kier alpha value is -5.00. The Kier molecular flexibility index (Phi) is 26.2. The molecule has 85 heavy (non-hydrogen) atoms. The SMILES string of the molecule is CC(C)(C)OC(=O)NCCC(O)C(=O)NC1CC(NC(=O)OC(C)(C)C)C(OC2OC(CNCCO)C=CC2NC(=O)OC(C)(C)C)C(OC2OC(CO)C(OC3OC(CNC(=O)OC(C)(C)C)C(O)C(O)C3NC(=O)OC(C)(C)C)C2O)C1O. The van der Waals surface area contributed by atoms with Gasteiger partial charge in [0.05, 0.1) is 31.4 Å². The van der Waals surface area contributed by atoms with Gasteiger partial charge in [-0.3, -0.25) is 4.79 Å². The van der Waals surface area contributed by atoms with Crippen LogP contribution < -0.4 is 37.2 Å². The molecule has 6 amide bonds. The van der Waals surface area contributed by atoms with Gasteiger partial charge in [0, 0.05) is 26.2 Å². The van der Waals surface area contributed by atoms with Gasteiger partial charge in [-0.1, -0.05) is 12.2 Å². The van der Waals surface area contributed by atoms with Crippen LogP contribution in [0.2, 0.25) is 0 Å². The van der Waals surface area contributed by atoms with E-state index in [0.29, 0.717) is 0 Å². The Bertz CT molecular complexity index is 2210. The number of carbonyl (C=O) groups excluding carboxylic acids is 6. The molecular weight excluding hydrogens is 1130 g/mol. The van der Waals surface area contributed by atoms with Crippen LogP contribution in [0, 0.1) is 0 Å². The minimum Gasteiger partial charge on any atom is -0.444 e. The molecule has 3 fully saturated rings. The first-order chi connectivity index (χ1) is 39.2. The molecule has 0 aromatic carbocycles. The van der Waals surface area contributed by atoms with Crippen molar-refractivity contribution >= 4 is 36.4 Å². The predicted octanol–water partition coefficient (Wildman–Crippen LogP) is -0.741. The second kappa shape index (κ2) is 30.8. The number of aliphatic hydroxyl groups excluding tert-OH is 7. The summed E-state index contributed by atoms with van der Waals surface area (Å²) in [4.78, 5) is 79.3. The molecule has 0 spiro atoms. The smallest absolute Gasteiger partial charge is 0.408 e. The van der Waals surface area contributed by atoms with Crippen molar-refractivity contribution in [3.63, 3.8) is 0 Å². The maximum Gasteiger partial charge on any atom is 0.408 e. The van der Waals surface area contributed by atoms with Gasteiger partial charge in [0.15, 0.2) is 18.9 Å². The Morgan fingerprint density at radius 3 is 1.56 bits per heavy atom. The van der Waals surface area contributed by atoms with E-state index in [-0.39, 0.29) is 32.7 Å². The van der Waals surface area contributed by atoms with Crippen LogP contribution in [-0.4, -0.2) is 250 Å². The Labute approximate surface area is 495 Å². The van der Waals surface area contributed by atoms with Crippen LogP contribution in [0.25, 0.3) is 0 Å². The maximum absolute atomic E-state index is 13.8. The number of amides is 6. The van der Waals surface area contributed by atoms with Gasteiger partial charge in [-0.15, -0.1) is 0 Å². The molecule has 4 aliphatic rings. The lowest BCUT2D eigenvalue weighted by molar-refractivity contribution is -0.287. The molecule has 14 N–H and O–H groups in total. The second-order valence-electron chi connectivity index (χ2n) is 26.0. The highest BCUT2D eigenvalue weighted by Gasteiger charge is 2.56. The largest absolute Gasteiger partial charge is 0.444 e. The number of hydrogen-bond acceptors (Lipinski definition) is 25. The summed E-state index contributed by atoms with van der Waals surface area (Å²) in [6.07, 6.45) is -26.3. The van der Waals surface area contributed by atoms with E-state index in [1.807, 2.05) is 0 Å². The van der Waals surface area contributed by atoms with E-state index in [9.17, 15) is 64.5 Å². The highest BCUT2D eigenvalue weighted by atomic mass is 16.8. The molecule has 1 aliphatic carbocycles. The fourth-order valence-electron chi connectivity index (χ4n) is 8.97. The van der Waals surface area contributed by atoms with Crippen LogP contribution in [-0.2, 0) is 56.9 Å². The van der Waals surface area contributed by atoms with E-state index in [4.69, 9.17) is 52.1 Å². The highest BCUT2D eigenvalue weighted by molar-refractivity contribution is 5.81. The summed E-state index contributed by atoms with van der Waals surface area (Å²) in [7, 11) is 0. The zero-order valence-corrected chi connectivity index (χ0v) is 51.3. The minimum atomic E-state index is -2.03. The lowest BCUT2D eigenvalue weighted by Crippen LogP contribution is -2.68. The molecule has 18 unspecified atom stereocenters. The normalized spacial score (nSPS) is 31.3. The van der Waals surface area contributed by atoms with E-state index in [0.717, 1.165) is 0 Å². The van der Waals surface area contributed by atoms with Crippen molar-refractivity contribution in [3.05, 3.63) is 12.2 Å². The van der Waals surface area contributed by atoms with Crippen molar-refractivity contribution in [1.29, 1.82) is 0 Å². The van der Waals surface area contributed by atoms with Gasteiger partial charge >= 0.3 is 30.5 Å². The molecule has 490 valence electrons. The molecular formula is C54H95N7O24. The molecule has 0 bridgehead atoms. The topological polar surface area (TPSA) is 430 Å². The molecule has 0 aromatic rings. The zero-order chi connectivity index (χ0) is 64.2. The summed E-state index contributed by atoms with van der Waals surface area (Å²) < 4.78 is 65.1. The third-order valence-corrected chi connectivity index (χ3v) is 12.4. The van der Waals surface area contributed by atoms with Crippen LogP contribution in [0.4, 0.5) is 24.0 Å². The predicted molar refractivity (Wildman–Crippen MR) is 296 cm³/mol. The number of aliphatic hydroxyl groups is 7. The quantitative estimate of drug-likeness (QED) is 0.0382. The lowest BCUT2D eigenvalue weighted by Gasteiger charge is -2.47. The maximum atomic E-state index is 13.8. The number of rotatable bonds is 21. The number of ether oxygens (including phenoxy) is 11. The van der Waals surface area contributed by atoms with E-state index in [1.54, 1.807) is 116 Å². The van der Waals surface area contributed by atoms with Gasteiger partial charge in [-0.05, 0) is 117 Å². The van der Waals surface area contributed by atoms with Crippen LogP contribution >= 0.6 is 0 Å². The molecule has 3 heterocycles. The third kappa shape index (κ3) is 24.2. The molecule has 4 rings (SSSR count). The van der Waals surface area contributed by atoms with Gasteiger partial charge < -0.3 is 125 Å². The van der Waals surface area contributed by atoms with Gasteiger partial charge in [0.1, 0.15) is 101 Å². The first-order valence-electron chi connectivity index (χ1n) is 28.3. The van der Waals surface area contributed by atoms with E-state index < -0.39 is 194 Å². The van der Waals surface area contributed by atoms with Gasteiger partial charge in [-0.2, -0.15) is 0 Å². The molecule has 3 aliphatic heterocycles. The van der Waals surface area contributed by atoms with Crippen molar-refractivity contribution < 1.29 is 117 Å². The number of hydrogen-bond donors (Lipinski definition) is 14. The summed E-state index contributed by atoms with van der Waals surface area (Å²) in [5, 5.41) is 97.3. The molecule has 1 saturated carbocycles. The lowest BCUT2D eigenvalue weighted by atomic mass is 9.83. The molecule has 0 radical (unpaired) electrons. The monoisotopic (exact) mass is 1230 g/mol. The van der Waals surface area contributed by atoms with Crippen molar-refractivity contribution in [1.82, 2.24) is 37.2 Å². The van der Waals surface area contributed by atoms with Crippen LogP contribution in [0.3, 0.4) is 0 Å². The Morgan fingerprint density at radius 1 is 0.506 bits per heavy atom. The standard InChI is InChI=1S/C54H95N7O24/c1-50(2,3)81-45(70)56-19-18-30(64)41(69)58-28-22-29(60-48(73)84-53(10,11)12)38(78-42-27(59-47(72)83-52(7,8)9)17-16-26(75-42)23-55-20-21-62)40(34(28)65)80-44-37(68)39(32(25-63)77-44)79-43-33(61-49(74)85-54(13,14)15)36(67)35(66)31(76-43)24-57-46(71)82-51(4,5)6/h16-17,26-40,42-44,55,62-68H,18-25H2,1-15H3,(H,56,70)(H,57,71)(H,58,69)(H,59,72)(H,60,73)(H,61,74). The Balaban J connectivity index is 1.80. The first kappa shape index (κ1) is 72.5. The fraction of sp³-hybridized carbons (Fsp3) is 0.852. The summed E-state index contributed by atoms with van der Waals surface area (Å²) in [5.41, 5.74) is -4.90. The van der Waals surface area contributed by atoms with E-state index >= 15 is 0 Å².